The Morgan fingerprint density at radius 3 is 2.44 bits per heavy atom. The van der Waals surface area contributed by atoms with Crippen LogP contribution in [0.3, 0.4) is 0 Å². The van der Waals surface area contributed by atoms with Crippen LogP contribution >= 0.6 is 0 Å². The lowest BCUT2D eigenvalue weighted by Gasteiger charge is -2.37. The molecular formula is C26H31N3O5S2. The third-order valence-corrected chi connectivity index (χ3v) is 8.77. The van der Waals surface area contributed by atoms with Crippen molar-refractivity contribution in [3.8, 4) is 0 Å². The molecule has 0 bridgehead atoms. The van der Waals surface area contributed by atoms with Crippen LogP contribution in [0.15, 0.2) is 62.3 Å². The minimum Gasteiger partial charge on any atom is -0.506 e. The van der Waals surface area contributed by atoms with Crippen molar-refractivity contribution < 1.29 is 22.5 Å². The molecule has 2 aromatic rings. The summed E-state index contributed by atoms with van der Waals surface area (Å²) in [5.41, 5.74) is 0.816. The summed E-state index contributed by atoms with van der Waals surface area (Å²) < 4.78 is 43.6. The van der Waals surface area contributed by atoms with E-state index in [0.717, 1.165) is 18.2 Å². The zero-order chi connectivity index (χ0) is 26.7. The molecule has 0 saturated heterocycles. The maximum absolute atomic E-state index is 14.0. The molecular weight excluding hydrogens is 498 g/mol. The number of nitrogens with one attached hydrogen (secondary N) is 1. The number of aliphatic imine (C=N–C) groups is 1. The third-order valence-electron chi connectivity index (χ3n) is 6.50. The van der Waals surface area contributed by atoms with Crippen molar-refractivity contribution in [2.45, 2.75) is 50.8 Å². The van der Waals surface area contributed by atoms with E-state index in [2.05, 4.69) is 34.8 Å². The summed E-state index contributed by atoms with van der Waals surface area (Å²) in [5.74, 6) is -0.641. The Kier molecular flexibility index (Phi) is 6.20. The molecule has 1 aliphatic heterocycles. The lowest BCUT2D eigenvalue weighted by Crippen LogP contribution is -2.41. The standard InChI is InChI=1S/C26H31N3O5S2/c1-25(2,3)13-14-26(4)18-10-8-7-9-17(18)22(30)21(23(26)31)24-27-19-12-11-16(28-36(6,33)34)15-20(19)35(5,32)29-24/h7-12,15,28,30H,13-14H2,1-6H3/t26-,35+/m1/s1. The van der Waals surface area contributed by atoms with Gasteiger partial charge in [0, 0.05) is 17.5 Å². The third kappa shape index (κ3) is 4.84. The fourth-order valence-corrected chi connectivity index (χ4v) is 6.49. The summed E-state index contributed by atoms with van der Waals surface area (Å²) in [6.07, 6.45) is 3.75. The highest BCUT2D eigenvalue weighted by Gasteiger charge is 2.46. The summed E-state index contributed by atoms with van der Waals surface area (Å²) in [4.78, 5) is 18.8. The molecule has 4 rings (SSSR count). The van der Waals surface area contributed by atoms with E-state index in [9.17, 15) is 22.5 Å². The minimum absolute atomic E-state index is 0.0112. The highest BCUT2D eigenvalue weighted by atomic mass is 32.2. The van der Waals surface area contributed by atoms with Gasteiger partial charge in [-0.05, 0) is 48.9 Å². The Morgan fingerprint density at radius 2 is 1.81 bits per heavy atom. The van der Waals surface area contributed by atoms with Crippen molar-refractivity contribution in [2.75, 3.05) is 17.2 Å². The van der Waals surface area contributed by atoms with E-state index in [1.165, 1.54) is 24.5 Å². The van der Waals surface area contributed by atoms with Gasteiger partial charge in [-0.15, -0.1) is 0 Å². The molecule has 192 valence electrons. The number of fused-ring (bicyclic) bond motifs is 2. The number of aliphatic hydroxyl groups excluding tert-OH is 1. The molecule has 2 aromatic carbocycles. The molecule has 0 spiro atoms. The molecule has 10 heteroatoms. The van der Waals surface area contributed by atoms with E-state index < -0.39 is 25.2 Å². The normalized spacial score (nSPS) is 23.9. The van der Waals surface area contributed by atoms with Crippen LogP contribution in [0, 0.1) is 5.41 Å². The summed E-state index contributed by atoms with van der Waals surface area (Å²) in [6, 6.07) is 11.7. The summed E-state index contributed by atoms with van der Waals surface area (Å²) in [6.45, 7) is 8.21. The van der Waals surface area contributed by atoms with Crippen molar-refractivity contribution in [1.29, 1.82) is 0 Å². The van der Waals surface area contributed by atoms with Crippen LogP contribution in [0.25, 0.3) is 5.76 Å². The number of aliphatic hydroxyl groups is 1. The molecule has 2 atom stereocenters. The first-order valence-electron chi connectivity index (χ1n) is 11.5. The van der Waals surface area contributed by atoms with Crippen LogP contribution in [0.5, 0.6) is 0 Å². The molecule has 0 amide bonds. The van der Waals surface area contributed by atoms with Crippen molar-refractivity contribution in [3.63, 3.8) is 0 Å². The minimum atomic E-state index is -3.54. The number of sulfonamides is 1. The molecule has 1 heterocycles. The Balaban J connectivity index is 1.89. The summed E-state index contributed by atoms with van der Waals surface area (Å²) in [5, 5.41) is 11.2. The number of hydrogen-bond donors (Lipinski definition) is 2. The van der Waals surface area contributed by atoms with Gasteiger partial charge in [-0.1, -0.05) is 45.0 Å². The maximum atomic E-state index is 14.0. The smallest absolute Gasteiger partial charge is 0.229 e. The van der Waals surface area contributed by atoms with Gasteiger partial charge in [0.05, 0.1) is 32.0 Å². The average molecular weight is 530 g/mol. The van der Waals surface area contributed by atoms with Crippen LogP contribution in [0.2, 0.25) is 0 Å². The largest absolute Gasteiger partial charge is 0.506 e. The number of hydrogen-bond acceptors (Lipinski definition) is 7. The number of carbonyl (C=O) groups excluding carboxylic acids is 1. The van der Waals surface area contributed by atoms with Crippen LogP contribution < -0.4 is 4.72 Å². The van der Waals surface area contributed by atoms with Crippen molar-refractivity contribution >= 4 is 48.5 Å². The molecule has 1 aliphatic carbocycles. The van der Waals surface area contributed by atoms with Crippen molar-refractivity contribution in [3.05, 3.63) is 59.2 Å². The second kappa shape index (κ2) is 8.55. The molecule has 0 unspecified atom stereocenters. The Morgan fingerprint density at radius 1 is 1.14 bits per heavy atom. The average Bonchev–Trinajstić information content (AvgIpc) is 2.75. The van der Waals surface area contributed by atoms with Gasteiger partial charge in [-0.3, -0.25) is 9.52 Å². The van der Waals surface area contributed by atoms with Crippen LogP contribution in [0.1, 0.15) is 51.7 Å². The maximum Gasteiger partial charge on any atom is 0.229 e. The number of rotatable bonds is 5. The Labute approximate surface area is 212 Å². The number of benzene rings is 2. The van der Waals surface area contributed by atoms with Crippen LogP contribution in [-0.4, -0.2) is 41.9 Å². The van der Waals surface area contributed by atoms with Gasteiger partial charge >= 0.3 is 0 Å². The second-order valence-corrected chi connectivity index (χ2v) is 14.9. The number of anilines is 1. The quantitative estimate of drug-likeness (QED) is 0.551. The van der Waals surface area contributed by atoms with Gasteiger partial charge < -0.3 is 5.11 Å². The molecule has 0 radical (unpaired) electrons. The van der Waals surface area contributed by atoms with E-state index in [-0.39, 0.29) is 38.9 Å². The van der Waals surface area contributed by atoms with Crippen molar-refractivity contribution in [1.82, 2.24) is 0 Å². The van der Waals surface area contributed by atoms with E-state index >= 15 is 0 Å². The van der Waals surface area contributed by atoms with Gasteiger partial charge in [0.1, 0.15) is 11.3 Å². The highest BCUT2D eigenvalue weighted by Crippen LogP contribution is 2.45. The van der Waals surface area contributed by atoms with E-state index in [1.807, 2.05) is 19.1 Å². The van der Waals surface area contributed by atoms with E-state index in [1.54, 1.807) is 12.1 Å². The predicted octanol–water partition coefficient (Wildman–Crippen LogP) is 5.19. The van der Waals surface area contributed by atoms with Gasteiger partial charge in [-0.2, -0.15) is 4.36 Å². The van der Waals surface area contributed by atoms with Gasteiger partial charge in [0.2, 0.25) is 10.0 Å². The van der Waals surface area contributed by atoms with E-state index in [4.69, 9.17) is 0 Å². The number of Topliss-reactive ketones (excluding diaryl/α,β-unsaturated/α-hetero) is 1. The number of carbonyl (C=O) groups is 1. The predicted molar refractivity (Wildman–Crippen MR) is 144 cm³/mol. The van der Waals surface area contributed by atoms with Crippen LogP contribution in [-0.2, 0) is 30.0 Å². The zero-order valence-corrected chi connectivity index (χ0v) is 22.9. The number of nitrogens with zero attached hydrogens (tertiary/aromatic N) is 2. The topological polar surface area (TPSA) is 125 Å². The van der Waals surface area contributed by atoms with Gasteiger partial charge in [0.15, 0.2) is 11.6 Å². The molecule has 0 fully saturated rings. The van der Waals surface area contributed by atoms with Crippen LogP contribution in [0.4, 0.5) is 11.4 Å². The van der Waals surface area contributed by atoms with E-state index in [0.29, 0.717) is 17.7 Å². The zero-order valence-electron chi connectivity index (χ0n) is 21.2. The number of amidine groups is 1. The Hall–Kier alpha value is -2.98. The summed E-state index contributed by atoms with van der Waals surface area (Å²) >= 11 is 0. The van der Waals surface area contributed by atoms with Crippen molar-refractivity contribution in [2.24, 2.45) is 14.8 Å². The van der Waals surface area contributed by atoms with Gasteiger partial charge in [0.25, 0.3) is 0 Å². The first kappa shape index (κ1) is 26.1. The monoisotopic (exact) mass is 529 g/mol. The first-order valence-corrected chi connectivity index (χ1v) is 15.3. The fraction of sp³-hybridized carbons (Fsp3) is 0.385. The SMILES string of the molecule is CC(C)(C)CC[C@@]1(C)C(=O)C(C2=Nc3ccc(NS(C)(=O)=O)cc3[S@](C)(=O)=N2)=C(O)c2ccccc21. The molecule has 0 saturated carbocycles. The second-order valence-electron chi connectivity index (χ2n) is 10.9. The lowest BCUT2D eigenvalue weighted by molar-refractivity contribution is -0.120. The molecule has 8 nitrogen and oxygen atoms in total. The molecule has 36 heavy (non-hydrogen) atoms. The molecule has 2 N–H and O–H groups in total. The number of ketones is 1. The first-order chi connectivity index (χ1) is 16.5. The molecule has 2 aliphatic rings. The highest BCUT2D eigenvalue weighted by molar-refractivity contribution is 7.93. The fourth-order valence-electron chi connectivity index (χ4n) is 4.53. The summed E-state index contributed by atoms with van der Waals surface area (Å²) in [7, 11) is -6.64. The Bertz CT molecular complexity index is 1570. The van der Waals surface area contributed by atoms with Gasteiger partial charge in [-0.25, -0.2) is 17.6 Å². The molecule has 0 aromatic heterocycles. The lowest BCUT2D eigenvalue weighted by atomic mass is 9.65.